The lowest BCUT2D eigenvalue weighted by Crippen LogP contribution is -2.33. The third-order valence-corrected chi connectivity index (χ3v) is 3.96. The van der Waals surface area contributed by atoms with Gasteiger partial charge in [0.25, 0.3) is 0 Å². The van der Waals surface area contributed by atoms with Gasteiger partial charge in [0, 0.05) is 24.3 Å². The Bertz CT molecular complexity index is 618. The van der Waals surface area contributed by atoms with Gasteiger partial charge in [-0.2, -0.15) is 0 Å². The number of amides is 1. The molecule has 2 N–H and O–H groups in total. The lowest BCUT2D eigenvalue weighted by Gasteiger charge is -2.37. The fourth-order valence-electron chi connectivity index (χ4n) is 2.86. The molecule has 0 heterocycles. The van der Waals surface area contributed by atoms with Gasteiger partial charge in [0.2, 0.25) is 5.91 Å². The minimum atomic E-state index is -0.0417. The van der Waals surface area contributed by atoms with Crippen molar-refractivity contribution in [3.8, 4) is 0 Å². The summed E-state index contributed by atoms with van der Waals surface area (Å²) in [6.07, 6.45) is 2.32. The Labute approximate surface area is 125 Å². The molecule has 1 saturated carbocycles. The van der Waals surface area contributed by atoms with Crippen LogP contribution in [0.1, 0.15) is 31.2 Å². The van der Waals surface area contributed by atoms with Gasteiger partial charge in [-0.15, -0.1) is 0 Å². The van der Waals surface area contributed by atoms with E-state index in [2.05, 4.69) is 41.0 Å². The van der Waals surface area contributed by atoms with Crippen molar-refractivity contribution < 1.29 is 4.79 Å². The molecule has 1 aliphatic carbocycles. The largest absolute Gasteiger partial charge is 0.382 e. The molecule has 3 heteroatoms. The van der Waals surface area contributed by atoms with E-state index in [0.717, 1.165) is 24.2 Å². The van der Waals surface area contributed by atoms with Crippen LogP contribution in [0.25, 0.3) is 0 Å². The highest BCUT2D eigenvalue weighted by atomic mass is 16.1. The lowest BCUT2D eigenvalue weighted by atomic mass is 9.76. The average molecular weight is 280 g/mol. The number of carbonyl (C=O) groups is 1. The summed E-state index contributed by atoms with van der Waals surface area (Å²) in [5.74, 6) is 0.627. The summed E-state index contributed by atoms with van der Waals surface area (Å²) in [6, 6.07) is 19.1. The van der Waals surface area contributed by atoms with Crippen molar-refractivity contribution in [1.29, 1.82) is 0 Å². The molecule has 1 aliphatic rings. The number of hydrogen-bond donors (Lipinski definition) is 2. The Morgan fingerprint density at radius 3 is 2.43 bits per heavy atom. The van der Waals surface area contributed by atoms with Crippen molar-refractivity contribution in [2.24, 2.45) is 0 Å². The molecule has 0 atom stereocenters. The van der Waals surface area contributed by atoms with E-state index in [-0.39, 0.29) is 5.91 Å². The van der Waals surface area contributed by atoms with E-state index in [0.29, 0.717) is 12.0 Å². The summed E-state index contributed by atoms with van der Waals surface area (Å²) in [7, 11) is 0. The molecule has 2 aromatic carbocycles. The summed E-state index contributed by atoms with van der Waals surface area (Å²) >= 11 is 0. The van der Waals surface area contributed by atoms with Crippen molar-refractivity contribution in [3.05, 3.63) is 60.2 Å². The van der Waals surface area contributed by atoms with E-state index in [1.54, 1.807) is 0 Å². The topological polar surface area (TPSA) is 41.1 Å². The van der Waals surface area contributed by atoms with Crippen molar-refractivity contribution in [1.82, 2.24) is 0 Å². The van der Waals surface area contributed by atoms with E-state index < -0.39 is 0 Å². The third kappa shape index (κ3) is 3.43. The summed E-state index contributed by atoms with van der Waals surface area (Å²) in [4.78, 5) is 11.1. The lowest BCUT2D eigenvalue weighted by molar-refractivity contribution is -0.114. The summed E-state index contributed by atoms with van der Waals surface area (Å²) in [5, 5.41) is 6.35. The van der Waals surface area contributed by atoms with Crippen LogP contribution in [0.5, 0.6) is 0 Å². The van der Waals surface area contributed by atoms with Crippen LogP contribution in [-0.2, 0) is 4.79 Å². The Morgan fingerprint density at radius 2 is 1.71 bits per heavy atom. The van der Waals surface area contributed by atoms with Crippen molar-refractivity contribution in [2.75, 3.05) is 10.6 Å². The van der Waals surface area contributed by atoms with Crippen molar-refractivity contribution in [2.45, 2.75) is 31.7 Å². The summed E-state index contributed by atoms with van der Waals surface area (Å²) < 4.78 is 0. The molecule has 3 rings (SSSR count). The maximum Gasteiger partial charge on any atom is 0.221 e. The van der Waals surface area contributed by atoms with Crippen LogP contribution in [0.3, 0.4) is 0 Å². The molecule has 0 aromatic heterocycles. The zero-order valence-corrected chi connectivity index (χ0v) is 12.2. The first-order chi connectivity index (χ1) is 10.2. The van der Waals surface area contributed by atoms with Gasteiger partial charge in [0.05, 0.1) is 0 Å². The Hall–Kier alpha value is -2.29. The summed E-state index contributed by atoms with van der Waals surface area (Å²) in [5.41, 5.74) is 3.34. The van der Waals surface area contributed by atoms with E-state index in [9.17, 15) is 4.79 Å². The molecule has 0 radical (unpaired) electrons. The second-order valence-corrected chi connectivity index (χ2v) is 5.68. The fourth-order valence-corrected chi connectivity index (χ4v) is 2.86. The molecule has 0 aliphatic heterocycles. The van der Waals surface area contributed by atoms with Crippen LogP contribution < -0.4 is 10.6 Å². The van der Waals surface area contributed by atoms with Gasteiger partial charge in [-0.05, 0) is 42.5 Å². The van der Waals surface area contributed by atoms with Crippen molar-refractivity contribution in [3.63, 3.8) is 0 Å². The quantitative estimate of drug-likeness (QED) is 0.888. The average Bonchev–Trinajstić information content (AvgIpc) is 2.43. The zero-order chi connectivity index (χ0) is 14.7. The van der Waals surface area contributed by atoms with Gasteiger partial charge in [-0.1, -0.05) is 36.4 Å². The highest BCUT2D eigenvalue weighted by Crippen LogP contribution is 2.38. The molecule has 1 fully saturated rings. The normalized spacial score (nSPS) is 20.4. The Balaban J connectivity index is 1.56. The fraction of sp³-hybridized carbons (Fsp3) is 0.278. The van der Waals surface area contributed by atoms with E-state index in [4.69, 9.17) is 0 Å². The minimum absolute atomic E-state index is 0.0417. The molecule has 0 bridgehead atoms. The molecule has 0 unspecified atom stereocenters. The number of carbonyl (C=O) groups excluding carboxylic acids is 1. The molecular formula is C18H20N2O. The van der Waals surface area contributed by atoms with E-state index >= 15 is 0 Å². The van der Waals surface area contributed by atoms with Gasteiger partial charge in [0.15, 0.2) is 0 Å². The molecule has 1 amide bonds. The molecule has 0 saturated heterocycles. The molecule has 3 nitrogen and oxygen atoms in total. The zero-order valence-electron chi connectivity index (χ0n) is 12.2. The number of hydrogen-bond acceptors (Lipinski definition) is 2. The second kappa shape index (κ2) is 6.00. The first kappa shape index (κ1) is 13.7. The Morgan fingerprint density at radius 1 is 1.00 bits per heavy atom. The van der Waals surface area contributed by atoms with Gasteiger partial charge >= 0.3 is 0 Å². The van der Waals surface area contributed by atoms with Gasteiger partial charge in [0.1, 0.15) is 0 Å². The van der Waals surface area contributed by atoms with Crippen LogP contribution in [-0.4, -0.2) is 11.9 Å². The van der Waals surface area contributed by atoms with Crippen LogP contribution in [0.2, 0.25) is 0 Å². The number of benzene rings is 2. The molecule has 2 aromatic rings. The predicted octanol–water partition coefficient (Wildman–Crippen LogP) is 4.00. The molecule has 108 valence electrons. The molecule has 21 heavy (non-hydrogen) atoms. The van der Waals surface area contributed by atoms with E-state index in [1.165, 1.54) is 12.5 Å². The highest BCUT2D eigenvalue weighted by molar-refractivity contribution is 5.89. The first-order valence-electron chi connectivity index (χ1n) is 7.40. The Kier molecular flexibility index (Phi) is 3.91. The monoisotopic (exact) mass is 280 g/mol. The SMILES string of the molecule is CC(=O)Nc1cccc(NC2CC(c3ccccc3)C2)c1. The number of rotatable bonds is 4. The van der Waals surface area contributed by atoms with E-state index in [1.807, 2.05) is 24.3 Å². The maximum absolute atomic E-state index is 11.1. The second-order valence-electron chi connectivity index (χ2n) is 5.68. The number of anilines is 2. The van der Waals surface area contributed by atoms with Gasteiger partial charge < -0.3 is 10.6 Å². The van der Waals surface area contributed by atoms with Crippen LogP contribution in [0, 0.1) is 0 Å². The molecular weight excluding hydrogens is 260 g/mol. The van der Waals surface area contributed by atoms with Crippen molar-refractivity contribution >= 4 is 17.3 Å². The molecule has 0 spiro atoms. The number of nitrogens with one attached hydrogen (secondary N) is 2. The minimum Gasteiger partial charge on any atom is -0.382 e. The standard InChI is InChI=1S/C18H20N2O/c1-13(21)19-16-8-5-9-17(12-16)20-18-10-15(11-18)14-6-3-2-4-7-14/h2-9,12,15,18,20H,10-11H2,1H3,(H,19,21). The summed E-state index contributed by atoms with van der Waals surface area (Å²) in [6.45, 7) is 1.52. The predicted molar refractivity (Wildman–Crippen MR) is 86.6 cm³/mol. The van der Waals surface area contributed by atoms with Gasteiger partial charge in [-0.3, -0.25) is 4.79 Å². The highest BCUT2D eigenvalue weighted by Gasteiger charge is 2.29. The van der Waals surface area contributed by atoms with Gasteiger partial charge in [-0.25, -0.2) is 0 Å². The third-order valence-electron chi connectivity index (χ3n) is 3.96. The smallest absolute Gasteiger partial charge is 0.221 e. The maximum atomic E-state index is 11.1. The van der Waals surface area contributed by atoms with Crippen LogP contribution >= 0.6 is 0 Å². The first-order valence-corrected chi connectivity index (χ1v) is 7.40. The van der Waals surface area contributed by atoms with Crippen LogP contribution in [0.4, 0.5) is 11.4 Å². The van der Waals surface area contributed by atoms with Crippen LogP contribution in [0.15, 0.2) is 54.6 Å².